The maximum absolute atomic E-state index is 12.7. The first-order chi connectivity index (χ1) is 11.4. The van der Waals surface area contributed by atoms with E-state index in [4.69, 9.17) is 4.74 Å². The average molecular weight is 333 g/mol. The number of hydrogen-bond donors (Lipinski definition) is 0. The highest BCUT2D eigenvalue weighted by Crippen LogP contribution is 2.41. The summed E-state index contributed by atoms with van der Waals surface area (Å²) in [6.45, 7) is 7.50. The van der Waals surface area contributed by atoms with Crippen LogP contribution in [0.4, 0.5) is 0 Å². The highest BCUT2D eigenvalue weighted by Gasteiger charge is 2.46. The summed E-state index contributed by atoms with van der Waals surface area (Å²) in [6.07, 6.45) is 2.82. The van der Waals surface area contributed by atoms with Crippen molar-refractivity contribution in [1.29, 1.82) is 0 Å². The molecule has 1 aromatic heterocycles. The van der Waals surface area contributed by atoms with Crippen molar-refractivity contribution >= 4 is 11.9 Å². The largest absolute Gasteiger partial charge is 0.466 e. The zero-order chi connectivity index (χ0) is 17.4. The number of ether oxygens (including phenoxy) is 1. The van der Waals surface area contributed by atoms with Crippen LogP contribution in [-0.4, -0.2) is 39.7 Å². The Bertz CT molecular complexity index is 648. The lowest BCUT2D eigenvalue weighted by Gasteiger charge is -2.23. The van der Waals surface area contributed by atoms with Gasteiger partial charge < -0.3 is 9.64 Å². The summed E-state index contributed by atoms with van der Waals surface area (Å²) >= 11 is 0. The van der Waals surface area contributed by atoms with Gasteiger partial charge in [0.25, 0.3) is 0 Å². The molecule has 6 heteroatoms. The summed E-state index contributed by atoms with van der Waals surface area (Å²) in [7, 11) is 1.93. The van der Waals surface area contributed by atoms with Crippen molar-refractivity contribution < 1.29 is 14.3 Å². The Morgan fingerprint density at radius 3 is 2.58 bits per heavy atom. The molecular formula is C18H27N3O3. The van der Waals surface area contributed by atoms with E-state index >= 15 is 0 Å². The fraction of sp³-hybridized carbons (Fsp3) is 0.722. The fourth-order valence-electron chi connectivity index (χ4n) is 3.33. The van der Waals surface area contributed by atoms with Crippen molar-refractivity contribution in [3.63, 3.8) is 0 Å². The lowest BCUT2D eigenvalue weighted by molar-refractivity contribution is -0.145. The number of aryl methyl sites for hydroxylation is 2. The van der Waals surface area contributed by atoms with Gasteiger partial charge in [0, 0.05) is 37.3 Å². The standard InChI is InChI=1S/C18H27N3O3/c1-5-24-18(23)15-8-14(15)9-21(17(22)13-6-7-13)10-16-11(2)19-20(4)12(16)3/h13-15H,5-10H2,1-4H3/t14-,15-/m0/s1. The van der Waals surface area contributed by atoms with Crippen LogP contribution < -0.4 is 0 Å². The molecule has 2 aliphatic rings. The Morgan fingerprint density at radius 2 is 2.04 bits per heavy atom. The second-order valence-electron chi connectivity index (χ2n) is 7.12. The molecule has 1 heterocycles. The fourth-order valence-corrected chi connectivity index (χ4v) is 3.33. The summed E-state index contributed by atoms with van der Waals surface area (Å²) in [6, 6.07) is 0. The van der Waals surface area contributed by atoms with Crippen molar-refractivity contribution in [2.75, 3.05) is 13.2 Å². The van der Waals surface area contributed by atoms with E-state index in [2.05, 4.69) is 5.10 Å². The van der Waals surface area contributed by atoms with E-state index in [0.29, 0.717) is 19.7 Å². The molecule has 24 heavy (non-hydrogen) atoms. The molecule has 0 unspecified atom stereocenters. The highest BCUT2D eigenvalue weighted by molar-refractivity contribution is 5.81. The smallest absolute Gasteiger partial charge is 0.309 e. The van der Waals surface area contributed by atoms with Crippen LogP contribution in [0.15, 0.2) is 0 Å². The predicted octanol–water partition coefficient (Wildman–Crippen LogP) is 1.97. The Labute approximate surface area is 143 Å². The topological polar surface area (TPSA) is 64.4 Å². The van der Waals surface area contributed by atoms with Crippen LogP contribution in [0.1, 0.15) is 43.1 Å². The van der Waals surface area contributed by atoms with Crippen LogP contribution in [0.5, 0.6) is 0 Å². The van der Waals surface area contributed by atoms with Crippen LogP contribution in [-0.2, 0) is 27.9 Å². The quantitative estimate of drug-likeness (QED) is 0.716. The summed E-state index contributed by atoms with van der Waals surface area (Å²) in [4.78, 5) is 26.5. The number of nitrogens with zero attached hydrogens (tertiary/aromatic N) is 3. The zero-order valence-electron chi connectivity index (χ0n) is 15.0. The number of rotatable bonds is 7. The van der Waals surface area contributed by atoms with Gasteiger partial charge in [-0.25, -0.2) is 0 Å². The molecule has 132 valence electrons. The third kappa shape index (κ3) is 3.47. The number of hydrogen-bond acceptors (Lipinski definition) is 4. The zero-order valence-corrected chi connectivity index (χ0v) is 15.0. The van der Waals surface area contributed by atoms with E-state index in [1.807, 2.05) is 37.4 Å². The van der Waals surface area contributed by atoms with Gasteiger partial charge >= 0.3 is 5.97 Å². The molecule has 0 saturated heterocycles. The molecule has 0 N–H and O–H groups in total. The molecule has 0 aromatic carbocycles. The normalized spacial score (nSPS) is 22.3. The van der Waals surface area contributed by atoms with E-state index in [1.54, 1.807) is 0 Å². The minimum Gasteiger partial charge on any atom is -0.466 e. The van der Waals surface area contributed by atoms with Crippen LogP contribution in [0.3, 0.4) is 0 Å². The van der Waals surface area contributed by atoms with Crippen molar-refractivity contribution in [3.05, 3.63) is 17.0 Å². The molecule has 2 saturated carbocycles. The van der Waals surface area contributed by atoms with Gasteiger partial charge in [-0.3, -0.25) is 14.3 Å². The van der Waals surface area contributed by atoms with Gasteiger partial charge in [0.15, 0.2) is 0 Å². The summed E-state index contributed by atoms with van der Waals surface area (Å²) in [5.41, 5.74) is 3.19. The first-order valence-electron chi connectivity index (χ1n) is 8.86. The minimum atomic E-state index is -0.116. The van der Waals surface area contributed by atoms with Crippen molar-refractivity contribution in [1.82, 2.24) is 14.7 Å². The van der Waals surface area contributed by atoms with E-state index < -0.39 is 0 Å². The number of carbonyl (C=O) groups excluding carboxylic acids is 2. The van der Waals surface area contributed by atoms with Gasteiger partial charge in [0.1, 0.15) is 0 Å². The number of aromatic nitrogens is 2. The molecule has 2 atom stereocenters. The molecule has 2 aliphatic carbocycles. The van der Waals surface area contributed by atoms with E-state index in [0.717, 1.165) is 36.2 Å². The Hall–Kier alpha value is -1.85. The molecule has 1 aromatic rings. The molecule has 0 radical (unpaired) electrons. The monoisotopic (exact) mass is 333 g/mol. The molecular weight excluding hydrogens is 306 g/mol. The molecule has 0 aliphatic heterocycles. The van der Waals surface area contributed by atoms with Crippen LogP contribution in [0.2, 0.25) is 0 Å². The summed E-state index contributed by atoms with van der Waals surface area (Å²) in [5, 5.41) is 4.45. The third-order valence-corrected chi connectivity index (χ3v) is 5.21. The maximum Gasteiger partial charge on any atom is 0.309 e. The van der Waals surface area contributed by atoms with Gasteiger partial charge in [-0.1, -0.05) is 0 Å². The average Bonchev–Trinajstić information content (AvgIpc) is 3.43. The van der Waals surface area contributed by atoms with Gasteiger partial charge in [-0.05, 0) is 46.0 Å². The van der Waals surface area contributed by atoms with Gasteiger partial charge in [-0.2, -0.15) is 5.10 Å². The second kappa shape index (κ2) is 6.57. The second-order valence-corrected chi connectivity index (χ2v) is 7.12. The van der Waals surface area contributed by atoms with Gasteiger partial charge in [-0.15, -0.1) is 0 Å². The van der Waals surface area contributed by atoms with Crippen molar-refractivity contribution in [2.45, 2.75) is 46.6 Å². The van der Waals surface area contributed by atoms with Gasteiger partial charge in [0.05, 0.1) is 18.2 Å². The predicted molar refractivity (Wildman–Crippen MR) is 89.1 cm³/mol. The number of carbonyl (C=O) groups is 2. The van der Waals surface area contributed by atoms with Crippen LogP contribution in [0.25, 0.3) is 0 Å². The minimum absolute atomic E-state index is 0.0319. The SMILES string of the molecule is CCOC(=O)[C@H]1C[C@H]1CN(Cc1c(C)nn(C)c1C)C(=O)C1CC1. The molecule has 0 spiro atoms. The molecule has 2 fully saturated rings. The molecule has 0 bridgehead atoms. The van der Waals surface area contributed by atoms with E-state index in [-0.39, 0.29) is 29.6 Å². The van der Waals surface area contributed by atoms with Crippen LogP contribution in [0, 0.1) is 31.6 Å². The maximum atomic E-state index is 12.7. The highest BCUT2D eigenvalue weighted by atomic mass is 16.5. The summed E-state index contributed by atoms with van der Waals surface area (Å²) < 4.78 is 6.97. The Balaban J connectivity index is 1.68. The lowest BCUT2D eigenvalue weighted by Crippen LogP contribution is -2.34. The van der Waals surface area contributed by atoms with Crippen LogP contribution >= 0.6 is 0 Å². The third-order valence-electron chi connectivity index (χ3n) is 5.21. The Morgan fingerprint density at radius 1 is 1.33 bits per heavy atom. The molecule has 3 rings (SSSR count). The van der Waals surface area contributed by atoms with E-state index in [1.165, 1.54) is 0 Å². The number of amides is 1. The lowest BCUT2D eigenvalue weighted by atomic mass is 10.1. The molecule has 6 nitrogen and oxygen atoms in total. The van der Waals surface area contributed by atoms with Crippen molar-refractivity contribution in [3.8, 4) is 0 Å². The number of esters is 1. The first kappa shape index (κ1) is 17.0. The van der Waals surface area contributed by atoms with Crippen molar-refractivity contribution in [2.24, 2.45) is 24.8 Å². The van der Waals surface area contributed by atoms with E-state index in [9.17, 15) is 9.59 Å². The first-order valence-corrected chi connectivity index (χ1v) is 8.86. The molecule has 1 amide bonds. The summed E-state index contributed by atoms with van der Waals surface area (Å²) in [5.74, 6) is 0.504. The van der Waals surface area contributed by atoms with Gasteiger partial charge in [0.2, 0.25) is 5.91 Å². The Kier molecular flexibility index (Phi) is 4.65.